The Morgan fingerprint density at radius 2 is 1.91 bits per heavy atom. The van der Waals surface area contributed by atoms with E-state index in [1.165, 1.54) is 4.90 Å². The van der Waals surface area contributed by atoms with Crippen LogP contribution in [-0.2, 0) is 4.74 Å². The normalized spacial score (nSPS) is 12.8. The maximum atomic E-state index is 12.1. The fourth-order valence-corrected chi connectivity index (χ4v) is 2.26. The van der Waals surface area contributed by atoms with Gasteiger partial charge in [-0.1, -0.05) is 28.1 Å². The molecular weight excluding hydrogens is 358 g/mol. The van der Waals surface area contributed by atoms with Crippen molar-refractivity contribution < 1.29 is 9.53 Å². The summed E-state index contributed by atoms with van der Waals surface area (Å²) in [5.41, 5.74) is 1.44. The number of ether oxygens (including phenoxy) is 1. The van der Waals surface area contributed by atoms with Gasteiger partial charge in [-0.25, -0.2) is 9.78 Å². The summed E-state index contributed by atoms with van der Waals surface area (Å²) in [6, 6.07) is 7.75. The molecule has 23 heavy (non-hydrogen) atoms. The molecule has 1 aromatic heterocycles. The Bertz CT molecular complexity index is 674. The van der Waals surface area contributed by atoms with Gasteiger partial charge in [-0.3, -0.25) is 0 Å². The van der Waals surface area contributed by atoms with E-state index in [0.717, 1.165) is 21.6 Å². The summed E-state index contributed by atoms with van der Waals surface area (Å²) in [6.07, 6.45) is 1.41. The van der Waals surface area contributed by atoms with Crippen molar-refractivity contribution in [2.75, 3.05) is 7.05 Å². The van der Waals surface area contributed by atoms with E-state index in [1.807, 2.05) is 52.0 Å². The number of hydrogen-bond acceptors (Lipinski definition) is 3. The van der Waals surface area contributed by atoms with Crippen LogP contribution < -0.4 is 0 Å². The Morgan fingerprint density at radius 1 is 1.30 bits per heavy atom. The second-order valence-corrected chi connectivity index (χ2v) is 7.37. The average molecular weight is 380 g/mol. The van der Waals surface area contributed by atoms with Crippen molar-refractivity contribution in [2.24, 2.45) is 0 Å². The minimum absolute atomic E-state index is 0.214. The van der Waals surface area contributed by atoms with Crippen molar-refractivity contribution in [3.05, 3.63) is 40.8 Å². The molecule has 2 rings (SSSR count). The molecule has 5 nitrogen and oxygen atoms in total. The van der Waals surface area contributed by atoms with Crippen molar-refractivity contribution in [1.29, 1.82) is 0 Å². The molecular formula is C17H22BrN3O2. The first-order valence-electron chi connectivity index (χ1n) is 7.44. The summed E-state index contributed by atoms with van der Waals surface area (Å²) in [5.74, 6) is 0.719. The predicted octanol–water partition coefficient (Wildman–Crippen LogP) is 4.77. The number of aromatic amines is 1. The second kappa shape index (κ2) is 6.74. The van der Waals surface area contributed by atoms with Crippen molar-refractivity contribution in [3.8, 4) is 11.3 Å². The molecule has 2 aromatic rings. The van der Waals surface area contributed by atoms with Gasteiger partial charge in [0.05, 0.1) is 17.9 Å². The number of amides is 1. The van der Waals surface area contributed by atoms with Gasteiger partial charge < -0.3 is 14.6 Å². The number of imidazole rings is 1. The van der Waals surface area contributed by atoms with Gasteiger partial charge in [-0.15, -0.1) is 0 Å². The number of benzene rings is 1. The molecule has 1 N–H and O–H groups in total. The monoisotopic (exact) mass is 379 g/mol. The Morgan fingerprint density at radius 3 is 2.48 bits per heavy atom. The maximum Gasteiger partial charge on any atom is 0.410 e. The van der Waals surface area contributed by atoms with Gasteiger partial charge in [0.2, 0.25) is 0 Å². The smallest absolute Gasteiger partial charge is 0.410 e. The van der Waals surface area contributed by atoms with E-state index in [1.54, 1.807) is 13.2 Å². The number of nitrogens with zero attached hydrogens (tertiary/aromatic N) is 2. The van der Waals surface area contributed by atoms with E-state index in [2.05, 4.69) is 25.9 Å². The second-order valence-electron chi connectivity index (χ2n) is 6.46. The zero-order chi connectivity index (χ0) is 17.2. The van der Waals surface area contributed by atoms with Crippen molar-refractivity contribution in [2.45, 2.75) is 39.3 Å². The lowest BCUT2D eigenvalue weighted by atomic mass is 10.2. The van der Waals surface area contributed by atoms with Crippen LogP contribution in [0.1, 0.15) is 39.6 Å². The zero-order valence-corrected chi connectivity index (χ0v) is 15.6. The summed E-state index contributed by atoms with van der Waals surface area (Å²) in [7, 11) is 1.71. The van der Waals surface area contributed by atoms with Crippen LogP contribution in [0.2, 0.25) is 0 Å². The highest BCUT2D eigenvalue weighted by Crippen LogP contribution is 2.24. The molecule has 6 heteroatoms. The van der Waals surface area contributed by atoms with Gasteiger partial charge in [-0.05, 0) is 45.4 Å². The largest absolute Gasteiger partial charge is 0.444 e. The highest BCUT2D eigenvalue weighted by Gasteiger charge is 2.25. The number of carbonyl (C=O) groups excluding carboxylic acids is 1. The molecule has 1 atom stereocenters. The first-order chi connectivity index (χ1) is 10.7. The number of H-pyrrole nitrogens is 1. The summed E-state index contributed by atoms with van der Waals surface area (Å²) < 4.78 is 6.41. The van der Waals surface area contributed by atoms with Gasteiger partial charge in [0.15, 0.2) is 0 Å². The molecule has 0 radical (unpaired) electrons. The first-order valence-corrected chi connectivity index (χ1v) is 8.23. The van der Waals surface area contributed by atoms with Crippen LogP contribution in [-0.4, -0.2) is 33.6 Å². The van der Waals surface area contributed by atoms with Crippen LogP contribution >= 0.6 is 15.9 Å². The SMILES string of the molecule is C[C@@H](c1ncc(-c2ccc(Br)cc2)[nH]1)N(C)C(=O)OC(C)(C)C. The van der Waals surface area contributed by atoms with Crippen LogP contribution in [0.4, 0.5) is 4.79 Å². The Balaban J connectivity index is 2.13. The number of aromatic nitrogens is 2. The minimum atomic E-state index is -0.517. The summed E-state index contributed by atoms with van der Waals surface area (Å²) in [6.45, 7) is 7.46. The highest BCUT2D eigenvalue weighted by molar-refractivity contribution is 9.10. The molecule has 124 valence electrons. The Labute approximate surface area is 145 Å². The quantitative estimate of drug-likeness (QED) is 0.835. The van der Waals surface area contributed by atoms with Gasteiger partial charge in [0.25, 0.3) is 0 Å². The van der Waals surface area contributed by atoms with Crippen molar-refractivity contribution in [1.82, 2.24) is 14.9 Å². The molecule has 1 aromatic carbocycles. The topological polar surface area (TPSA) is 58.2 Å². The van der Waals surface area contributed by atoms with Crippen LogP contribution in [0.3, 0.4) is 0 Å². The summed E-state index contributed by atoms with van der Waals surface area (Å²) in [4.78, 5) is 21.4. The fraction of sp³-hybridized carbons (Fsp3) is 0.412. The van der Waals surface area contributed by atoms with Crippen LogP contribution in [0, 0.1) is 0 Å². The number of halogens is 1. The van der Waals surface area contributed by atoms with Crippen LogP contribution in [0.15, 0.2) is 34.9 Å². The molecule has 0 bridgehead atoms. The molecule has 0 saturated carbocycles. The van der Waals surface area contributed by atoms with Crippen molar-refractivity contribution >= 4 is 22.0 Å². The standard InChI is InChI=1S/C17H22BrN3O2/c1-11(21(5)16(22)23-17(2,3)4)15-19-10-14(20-15)12-6-8-13(18)9-7-12/h6-11H,1-5H3,(H,19,20)/t11-/m0/s1. The van der Waals surface area contributed by atoms with Gasteiger partial charge in [0, 0.05) is 11.5 Å². The average Bonchev–Trinajstić information content (AvgIpc) is 2.94. The van der Waals surface area contributed by atoms with E-state index >= 15 is 0 Å². The Hall–Kier alpha value is -1.82. The van der Waals surface area contributed by atoms with Crippen LogP contribution in [0.5, 0.6) is 0 Å². The van der Waals surface area contributed by atoms with E-state index in [4.69, 9.17) is 4.74 Å². The van der Waals surface area contributed by atoms with Gasteiger partial charge in [-0.2, -0.15) is 0 Å². The molecule has 0 aliphatic rings. The third kappa shape index (κ3) is 4.58. The highest BCUT2D eigenvalue weighted by atomic mass is 79.9. The van der Waals surface area contributed by atoms with E-state index < -0.39 is 5.60 Å². The van der Waals surface area contributed by atoms with Crippen LogP contribution in [0.25, 0.3) is 11.3 Å². The molecule has 0 spiro atoms. The molecule has 1 amide bonds. The molecule has 0 aliphatic carbocycles. The molecule has 0 unspecified atom stereocenters. The van der Waals surface area contributed by atoms with E-state index in [-0.39, 0.29) is 12.1 Å². The number of nitrogens with one attached hydrogen (secondary N) is 1. The third-order valence-electron chi connectivity index (χ3n) is 3.41. The zero-order valence-electron chi connectivity index (χ0n) is 14.1. The van der Waals surface area contributed by atoms with Gasteiger partial charge >= 0.3 is 6.09 Å². The lowest BCUT2D eigenvalue weighted by molar-refractivity contribution is 0.0228. The molecule has 0 saturated heterocycles. The third-order valence-corrected chi connectivity index (χ3v) is 3.94. The molecule has 1 heterocycles. The molecule has 0 fully saturated rings. The fourth-order valence-electron chi connectivity index (χ4n) is 2.00. The number of rotatable bonds is 3. The lowest BCUT2D eigenvalue weighted by Crippen LogP contribution is -2.36. The molecule has 0 aliphatic heterocycles. The van der Waals surface area contributed by atoms with Crippen molar-refractivity contribution in [3.63, 3.8) is 0 Å². The summed E-state index contributed by atoms with van der Waals surface area (Å²) in [5, 5.41) is 0. The minimum Gasteiger partial charge on any atom is -0.444 e. The predicted molar refractivity (Wildman–Crippen MR) is 94.1 cm³/mol. The lowest BCUT2D eigenvalue weighted by Gasteiger charge is -2.27. The van der Waals surface area contributed by atoms with E-state index in [0.29, 0.717) is 0 Å². The van der Waals surface area contributed by atoms with E-state index in [9.17, 15) is 4.79 Å². The number of hydrogen-bond donors (Lipinski definition) is 1. The van der Waals surface area contributed by atoms with Gasteiger partial charge in [0.1, 0.15) is 11.4 Å². The first kappa shape index (κ1) is 17.5. The Kier molecular flexibility index (Phi) is 5.14. The maximum absolute atomic E-state index is 12.1. The number of carbonyl (C=O) groups is 1. The summed E-state index contributed by atoms with van der Waals surface area (Å²) >= 11 is 3.42.